The van der Waals surface area contributed by atoms with E-state index in [1.165, 1.54) is 0 Å². The third kappa shape index (κ3) is 6.39. The van der Waals surface area contributed by atoms with E-state index in [-0.39, 0.29) is 18.6 Å². The van der Waals surface area contributed by atoms with Gasteiger partial charge in [0.25, 0.3) is 5.91 Å². The summed E-state index contributed by atoms with van der Waals surface area (Å²) in [6.07, 6.45) is 0. The summed E-state index contributed by atoms with van der Waals surface area (Å²) >= 11 is 0. The highest BCUT2D eigenvalue weighted by atomic mass is 16.5. The predicted octanol–water partition coefficient (Wildman–Crippen LogP) is 5.08. The van der Waals surface area contributed by atoms with E-state index in [9.17, 15) is 4.79 Å². The van der Waals surface area contributed by atoms with Gasteiger partial charge in [0.05, 0.1) is 0 Å². The standard InChI is InChI=1S/C25H27NO3/c1-20(2)26(25(27)19-29-23-11-7-4-8-12-23)17-21-13-15-24(16-14-21)28-18-22-9-5-3-6-10-22/h3-16,20H,17-19H2,1-2H3. The first-order valence-electron chi connectivity index (χ1n) is 9.85. The molecule has 0 heterocycles. The average molecular weight is 389 g/mol. The highest BCUT2D eigenvalue weighted by Crippen LogP contribution is 2.17. The second kappa shape index (κ2) is 10.3. The lowest BCUT2D eigenvalue weighted by Gasteiger charge is -2.27. The Morgan fingerprint density at radius 1 is 0.759 bits per heavy atom. The van der Waals surface area contributed by atoms with Crippen LogP contribution in [0.2, 0.25) is 0 Å². The molecule has 0 aliphatic rings. The summed E-state index contributed by atoms with van der Waals surface area (Å²) in [6.45, 7) is 5.12. The van der Waals surface area contributed by atoms with Crippen molar-refractivity contribution in [2.24, 2.45) is 0 Å². The van der Waals surface area contributed by atoms with Crippen LogP contribution in [-0.4, -0.2) is 23.5 Å². The molecule has 0 fully saturated rings. The molecule has 0 saturated carbocycles. The highest BCUT2D eigenvalue weighted by molar-refractivity contribution is 5.78. The lowest BCUT2D eigenvalue weighted by atomic mass is 10.1. The molecular formula is C25H27NO3. The van der Waals surface area contributed by atoms with E-state index in [1.807, 2.05) is 104 Å². The van der Waals surface area contributed by atoms with Crippen LogP contribution in [0.25, 0.3) is 0 Å². The third-order valence-electron chi connectivity index (χ3n) is 4.57. The number of hydrogen-bond acceptors (Lipinski definition) is 3. The Kier molecular flexibility index (Phi) is 7.28. The minimum atomic E-state index is -0.0340. The Morgan fingerprint density at radius 2 is 1.34 bits per heavy atom. The van der Waals surface area contributed by atoms with Gasteiger partial charge in [0.1, 0.15) is 18.1 Å². The van der Waals surface area contributed by atoms with Gasteiger partial charge in [-0.05, 0) is 49.2 Å². The van der Waals surface area contributed by atoms with Crippen LogP contribution in [0.4, 0.5) is 0 Å². The summed E-state index contributed by atoms with van der Waals surface area (Å²) in [4.78, 5) is 14.5. The zero-order valence-electron chi connectivity index (χ0n) is 17.0. The number of ether oxygens (including phenoxy) is 2. The molecule has 0 atom stereocenters. The van der Waals surface area contributed by atoms with Crippen molar-refractivity contribution >= 4 is 5.91 Å². The number of nitrogens with zero attached hydrogens (tertiary/aromatic N) is 1. The molecule has 3 rings (SSSR count). The minimum Gasteiger partial charge on any atom is -0.489 e. The summed E-state index contributed by atoms with van der Waals surface area (Å²) in [5, 5.41) is 0. The largest absolute Gasteiger partial charge is 0.489 e. The molecule has 0 aromatic heterocycles. The summed E-state index contributed by atoms with van der Waals surface area (Å²) < 4.78 is 11.5. The molecule has 0 bridgehead atoms. The lowest BCUT2D eigenvalue weighted by Crippen LogP contribution is -2.39. The Morgan fingerprint density at radius 3 is 1.97 bits per heavy atom. The van der Waals surface area contributed by atoms with Gasteiger partial charge < -0.3 is 14.4 Å². The van der Waals surface area contributed by atoms with Gasteiger partial charge in [-0.25, -0.2) is 0 Å². The highest BCUT2D eigenvalue weighted by Gasteiger charge is 2.18. The monoisotopic (exact) mass is 389 g/mol. The number of rotatable bonds is 9. The molecule has 3 aromatic carbocycles. The third-order valence-corrected chi connectivity index (χ3v) is 4.57. The molecule has 1 amide bonds. The number of carbonyl (C=O) groups is 1. The summed E-state index contributed by atoms with van der Waals surface area (Å²) in [5.74, 6) is 1.48. The Balaban J connectivity index is 1.54. The fourth-order valence-electron chi connectivity index (χ4n) is 2.93. The van der Waals surface area contributed by atoms with E-state index in [0.29, 0.717) is 18.9 Å². The normalized spacial score (nSPS) is 10.6. The van der Waals surface area contributed by atoms with E-state index >= 15 is 0 Å². The predicted molar refractivity (Wildman–Crippen MR) is 115 cm³/mol. The first-order chi connectivity index (χ1) is 14.1. The topological polar surface area (TPSA) is 38.8 Å². The van der Waals surface area contributed by atoms with Gasteiger partial charge in [-0.15, -0.1) is 0 Å². The summed E-state index contributed by atoms with van der Waals surface area (Å²) in [6, 6.07) is 27.4. The van der Waals surface area contributed by atoms with Crippen molar-refractivity contribution in [1.29, 1.82) is 0 Å². The molecule has 0 unspecified atom stereocenters. The second-order valence-electron chi connectivity index (χ2n) is 7.14. The number of carbonyl (C=O) groups excluding carboxylic acids is 1. The van der Waals surface area contributed by atoms with Crippen LogP contribution in [0.15, 0.2) is 84.9 Å². The van der Waals surface area contributed by atoms with Crippen molar-refractivity contribution in [2.75, 3.05) is 6.61 Å². The smallest absolute Gasteiger partial charge is 0.261 e. The van der Waals surface area contributed by atoms with Crippen molar-refractivity contribution in [1.82, 2.24) is 4.90 Å². The van der Waals surface area contributed by atoms with E-state index in [2.05, 4.69) is 0 Å². The first kappa shape index (κ1) is 20.5. The lowest BCUT2D eigenvalue weighted by molar-refractivity contribution is -0.135. The zero-order chi connectivity index (χ0) is 20.5. The Labute approximate surface area is 172 Å². The molecule has 0 aliphatic heterocycles. The molecule has 4 heteroatoms. The van der Waals surface area contributed by atoms with Crippen LogP contribution in [0, 0.1) is 0 Å². The maximum atomic E-state index is 12.7. The van der Waals surface area contributed by atoms with Gasteiger partial charge in [0, 0.05) is 12.6 Å². The van der Waals surface area contributed by atoms with E-state index in [1.54, 1.807) is 0 Å². The van der Waals surface area contributed by atoms with E-state index in [0.717, 1.165) is 16.9 Å². The van der Waals surface area contributed by atoms with Crippen molar-refractivity contribution < 1.29 is 14.3 Å². The average Bonchev–Trinajstić information content (AvgIpc) is 2.76. The first-order valence-corrected chi connectivity index (χ1v) is 9.85. The SMILES string of the molecule is CC(C)N(Cc1ccc(OCc2ccccc2)cc1)C(=O)COc1ccccc1. The number of para-hydroxylation sites is 1. The summed E-state index contributed by atoms with van der Waals surface area (Å²) in [7, 11) is 0. The van der Waals surface area contributed by atoms with E-state index < -0.39 is 0 Å². The molecular weight excluding hydrogens is 362 g/mol. The fraction of sp³-hybridized carbons (Fsp3) is 0.240. The van der Waals surface area contributed by atoms with Gasteiger partial charge in [-0.1, -0.05) is 60.7 Å². The van der Waals surface area contributed by atoms with Crippen LogP contribution in [0.1, 0.15) is 25.0 Å². The van der Waals surface area contributed by atoms with E-state index in [4.69, 9.17) is 9.47 Å². The Hall–Kier alpha value is -3.27. The molecule has 150 valence electrons. The maximum Gasteiger partial charge on any atom is 0.261 e. The molecule has 0 N–H and O–H groups in total. The van der Waals surface area contributed by atoms with Gasteiger partial charge in [0.15, 0.2) is 6.61 Å². The van der Waals surface area contributed by atoms with Gasteiger partial charge in [-0.2, -0.15) is 0 Å². The Bertz CT molecular complexity index is 877. The molecule has 0 radical (unpaired) electrons. The quantitative estimate of drug-likeness (QED) is 0.512. The second-order valence-corrected chi connectivity index (χ2v) is 7.14. The number of hydrogen-bond donors (Lipinski definition) is 0. The molecule has 29 heavy (non-hydrogen) atoms. The van der Waals surface area contributed by atoms with Crippen LogP contribution < -0.4 is 9.47 Å². The van der Waals surface area contributed by atoms with Crippen molar-refractivity contribution in [2.45, 2.75) is 33.0 Å². The van der Waals surface area contributed by atoms with Crippen LogP contribution >= 0.6 is 0 Å². The maximum absolute atomic E-state index is 12.7. The molecule has 0 aliphatic carbocycles. The molecule has 3 aromatic rings. The number of benzene rings is 3. The zero-order valence-corrected chi connectivity index (χ0v) is 17.0. The fourth-order valence-corrected chi connectivity index (χ4v) is 2.93. The van der Waals surface area contributed by atoms with Gasteiger partial charge in [0.2, 0.25) is 0 Å². The molecule has 0 saturated heterocycles. The summed E-state index contributed by atoms with van der Waals surface area (Å²) in [5.41, 5.74) is 2.19. The minimum absolute atomic E-state index is 0.0282. The van der Waals surface area contributed by atoms with Gasteiger partial charge in [-0.3, -0.25) is 4.79 Å². The van der Waals surface area contributed by atoms with Crippen LogP contribution in [0.5, 0.6) is 11.5 Å². The van der Waals surface area contributed by atoms with Crippen molar-refractivity contribution in [3.8, 4) is 11.5 Å². The molecule has 4 nitrogen and oxygen atoms in total. The van der Waals surface area contributed by atoms with Crippen molar-refractivity contribution in [3.63, 3.8) is 0 Å². The van der Waals surface area contributed by atoms with Crippen molar-refractivity contribution in [3.05, 3.63) is 96.1 Å². The van der Waals surface area contributed by atoms with Crippen LogP contribution in [-0.2, 0) is 17.9 Å². The molecule has 0 spiro atoms. The van der Waals surface area contributed by atoms with Gasteiger partial charge >= 0.3 is 0 Å². The number of amides is 1. The van der Waals surface area contributed by atoms with Crippen LogP contribution in [0.3, 0.4) is 0 Å².